The average Bonchev–Trinajstić information content (AvgIpc) is 2.84. The van der Waals surface area contributed by atoms with Crippen molar-refractivity contribution < 1.29 is 13.2 Å². The summed E-state index contributed by atoms with van der Waals surface area (Å²) in [5.41, 5.74) is 1.59. The van der Waals surface area contributed by atoms with Crippen molar-refractivity contribution in [1.82, 2.24) is 4.90 Å². The van der Waals surface area contributed by atoms with Gasteiger partial charge in [-0.3, -0.25) is 4.79 Å². The maximum Gasteiger partial charge on any atom is 0.222 e. The van der Waals surface area contributed by atoms with Crippen molar-refractivity contribution in [2.24, 2.45) is 0 Å². The number of nitriles is 1. The van der Waals surface area contributed by atoms with Crippen LogP contribution in [0.2, 0.25) is 0 Å². The zero-order valence-corrected chi connectivity index (χ0v) is 12.8. The van der Waals surface area contributed by atoms with Gasteiger partial charge in [-0.2, -0.15) is 5.26 Å². The number of nitrogens with zero attached hydrogens (tertiary/aromatic N) is 2. The van der Waals surface area contributed by atoms with Gasteiger partial charge in [0, 0.05) is 19.5 Å². The predicted molar refractivity (Wildman–Crippen MR) is 79.3 cm³/mol. The molecule has 1 aliphatic heterocycles. The molecule has 0 N–H and O–H groups in total. The Labute approximate surface area is 125 Å². The Morgan fingerprint density at radius 1 is 1.38 bits per heavy atom. The number of hydrogen-bond donors (Lipinski definition) is 0. The van der Waals surface area contributed by atoms with Crippen LogP contribution in [-0.4, -0.2) is 43.8 Å². The van der Waals surface area contributed by atoms with Gasteiger partial charge in [-0.15, -0.1) is 0 Å². The van der Waals surface area contributed by atoms with Crippen LogP contribution in [0.3, 0.4) is 0 Å². The summed E-state index contributed by atoms with van der Waals surface area (Å²) in [7, 11) is -1.30. The van der Waals surface area contributed by atoms with E-state index in [9.17, 15) is 13.2 Å². The van der Waals surface area contributed by atoms with E-state index in [1.807, 2.05) is 18.2 Å². The van der Waals surface area contributed by atoms with Gasteiger partial charge < -0.3 is 4.90 Å². The Bertz CT molecular complexity index is 659. The summed E-state index contributed by atoms with van der Waals surface area (Å²) in [6.07, 6.45) is 1.47. The highest BCUT2D eigenvalue weighted by Gasteiger charge is 2.32. The van der Waals surface area contributed by atoms with Gasteiger partial charge in [-0.1, -0.05) is 12.1 Å². The normalized spacial score (nSPS) is 19.9. The third kappa shape index (κ3) is 4.05. The highest BCUT2D eigenvalue weighted by atomic mass is 32.2. The number of aryl methyl sites for hydroxylation is 1. The summed E-state index contributed by atoms with van der Waals surface area (Å²) in [5, 5.41) is 8.72. The third-order valence-corrected chi connectivity index (χ3v) is 5.61. The molecule has 0 bridgehead atoms. The molecule has 0 spiro atoms. The molecule has 0 aromatic heterocycles. The van der Waals surface area contributed by atoms with Crippen LogP contribution in [0.1, 0.15) is 24.0 Å². The highest BCUT2D eigenvalue weighted by Crippen LogP contribution is 2.17. The average molecular weight is 306 g/mol. The molecule has 1 amide bonds. The maximum atomic E-state index is 12.1. The zero-order chi connectivity index (χ0) is 15.5. The number of carbonyl (C=O) groups excluding carboxylic acids is 1. The van der Waals surface area contributed by atoms with Gasteiger partial charge in [0.15, 0.2) is 9.84 Å². The lowest BCUT2D eigenvalue weighted by Gasteiger charge is -2.23. The first kappa shape index (κ1) is 15.5. The lowest BCUT2D eigenvalue weighted by Crippen LogP contribution is -2.37. The Kier molecular flexibility index (Phi) is 4.63. The molecular weight excluding hydrogens is 288 g/mol. The monoisotopic (exact) mass is 306 g/mol. The van der Waals surface area contributed by atoms with Crippen molar-refractivity contribution in [2.45, 2.75) is 25.3 Å². The first-order valence-electron chi connectivity index (χ1n) is 6.86. The molecule has 1 heterocycles. The topological polar surface area (TPSA) is 78.2 Å². The smallest absolute Gasteiger partial charge is 0.222 e. The molecule has 1 fully saturated rings. The van der Waals surface area contributed by atoms with E-state index < -0.39 is 9.84 Å². The lowest BCUT2D eigenvalue weighted by molar-refractivity contribution is -0.131. The van der Waals surface area contributed by atoms with Crippen LogP contribution in [0.4, 0.5) is 0 Å². The van der Waals surface area contributed by atoms with Gasteiger partial charge >= 0.3 is 0 Å². The molecule has 1 aromatic carbocycles. The molecule has 1 saturated heterocycles. The fourth-order valence-corrected chi connectivity index (χ4v) is 4.23. The van der Waals surface area contributed by atoms with Crippen LogP contribution >= 0.6 is 0 Å². The third-order valence-electron chi connectivity index (χ3n) is 3.86. The second-order valence-corrected chi connectivity index (χ2v) is 7.60. The molecule has 1 unspecified atom stereocenters. The van der Waals surface area contributed by atoms with Crippen LogP contribution < -0.4 is 0 Å². The van der Waals surface area contributed by atoms with Crippen molar-refractivity contribution in [2.75, 3.05) is 18.6 Å². The summed E-state index contributed by atoms with van der Waals surface area (Å²) in [6.45, 7) is 0. The fourth-order valence-electron chi connectivity index (χ4n) is 2.46. The number of rotatable bonds is 4. The van der Waals surface area contributed by atoms with E-state index in [4.69, 9.17) is 5.26 Å². The van der Waals surface area contributed by atoms with Gasteiger partial charge in [-0.05, 0) is 30.5 Å². The lowest BCUT2D eigenvalue weighted by atomic mass is 10.1. The van der Waals surface area contributed by atoms with Gasteiger partial charge in [0.25, 0.3) is 0 Å². The summed E-state index contributed by atoms with van der Waals surface area (Å²) >= 11 is 0. The minimum absolute atomic E-state index is 0.0403. The SMILES string of the molecule is CN(C(=O)CCc1ccc(C#N)cc1)C1CCS(=O)(=O)C1. The quantitative estimate of drug-likeness (QED) is 0.835. The minimum atomic E-state index is -2.97. The van der Waals surface area contributed by atoms with E-state index in [1.54, 1.807) is 24.1 Å². The summed E-state index contributed by atoms with van der Waals surface area (Å²) in [6, 6.07) is 9.00. The molecule has 2 rings (SSSR count). The number of amides is 1. The first-order valence-corrected chi connectivity index (χ1v) is 8.68. The molecule has 6 heteroatoms. The first-order chi connectivity index (χ1) is 9.91. The van der Waals surface area contributed by atoms with Crippen LogP contribution in [0.15, 0.2) is 24.3 Å². The molecule has 21 heavy (non-hydrogen) atoms. The summed E-state index contributed by atoms with van der Waals surface area (Å²) in [4.78, 5) is 13.7. The molecule has 0 radical (unpaired) electrons. The van der Waals surface area contributed by atoms with Crippen LogP contribution in [0.25, 0.3) is 0 Å². The van der Waals surface area contributed by atoms with Gasteiger partial charge in [0.2, 0.25) is 5.91 Å². The molecule has 0 aliphatic carbocycles. The van der Waals surface area contributed by atoms with Crippen molar-refractivity contribution in [3.8, 4) is 6.07 Å². The number of sulfone groups is 1. The molecular formula is C15H18N2O3S. The second kappa shape index (κ2) is 6.27. The number of carbonyl (C=O) groups is 1. The summed E-state index contributed by atoms with van der Waals surface area (Å²) < 4.78 is 22.9. The van der Waals surface area contributed by atoms with Crippen LogP contribution in [0, 0.1) is 11.3 Å². The maximum absolute atomic E-state index is 12.1. The molecule has 0 saturated carbocycles. The molecule has 1 atom stereocenters. The largest absolute Gasteiger partial charge is 0.342 e. The molecule has 1 aromatic rings. The van der Waals surface area contributed by atoms with Crippen molar-refractivity contribution >= 4 is 15.7 Å². The van der Waals surface area contributed by atoms with E-state index >= 15 is 0 Å². The van der Waals surface area contributed by atoms with Gasteiger partial charge in [0.1, 0.15) is 0 Å². The molecule has 5 nitrogen and oxygen atoms in total. The van der Waals surface area contributed by atoms with Crippen molar-refractivity contribution in [1.29, 1.82) is 5.26 Å². The Balaban J connectivity index is 1.88. The van der Waals surface area contributed by atoms with Crippen LogP contribution in [0.5, 0.6) is 0 Å². The van der Waals surface area contributed by atoms with E-state index in [2.05, 4.69) is 0 Å². The Morgan fingerprint density at radius 2 is 2.05 bits per heavy atom. The standard InChI is InChI=1S/C15H18N2O3S/c1-17(14-8-9-21(19,20)11-14)15(18)7-6-12-2-4-13(10-16)5-3-12/h2-5,14H,6-9,11H2,1H3. The Hall–Kier alpha value is -1.87. The zero-order valence-electron chi connectivity index (χ0n) is 11.9. The van der Waals surface area contributed by atoms with E-state index in [1.165, 1.54) is 0 Å². The van der Waals surface area contributed by atoms with Crippen LogP contribution in [-0.2, 0) is 21.1 Å². The fraction of sp³-hybridized carbons (Fsp3) is 0.467. The van der Waals surface area contributed by atoms with E-state index in [0.717, 1.165) is 5.56 Å². The number of benzene rings is 1. The van der Waals surface area contributed by atoms with Gasteiger partial charge in [-0.25, -0.2) is 8.42 Å². The van der Waals surface area contributed by atoms with E-state index in [-0.39, 0.29) is 23.5 Å². The van der Waals surface area contributed by atoms with Crippen molar-refractivity contribution in [3.05, 3.63) is 35.4 Å². The predicted octanol–water partition coefficient (Wildman–Crippen LogP) is 1.14. The number of hydrogen-bond acceptors (Lipinski definition) is 4. The van der Waals surface area contributed by atoms with Gasteiger partial charge in [0.05, 0.1) is 23.1 Å². The van der Waals surface area contributed by atoms with Crippen molar-refractivity contribution in [3.63, 3.8) is 0 Å². The summed E-state index contributed by atoms with van der Waals surface area (Å²) in [5.74, 6) is 0.207. The second-order valence-electron chi connectivity index (χ2n) is 5.37. The minimum Gasteiger partial charge on any atom is -0.342 e. The Morgan fingerprint density at radius 3 is 2.57 bits per heavy atom. The van der Waals surface area contributed by atoms with E-state index in [0.29, 0.717) is 24.8 Å². The highest BCUT2D eigenvalue weighted by molar-refractivity contribution is 7.91. The molecule has 112 valence electrons. The molecule has 1 aliphatic rings.